The number of hydrogen-bond acceptors (Lipinski definition) is 7. The highest BCUT2D eigenvalue weighted by atomic mass is 79.9. The summed E-state index contributed by atoms with van der Waals surface area (Å²) in [6.45, 7) is 6.48. The van der Waals surface area contributed by atoms with Crippen molar-refractivity contribution in [2.24, 2.45) is 0 Å². The van der Waals surface area contributed by atoms with Crippen LogP contribution in [0.1, 0.15) is 13.3 Å². The fourth-order valence-electron chi connectivity index (χ4n) is 4.37. The minimum Gasteiger partial charge on any atom is -0.369 e. The van der Waals surface area contributed by atoms with Crippen molar-refractivity contribution in [1.82, 2.24) is 14.9 Å². The van der Waals surface area contributed by atoms with Crippen LogP contribution in [-0.2, 0) is 10.0 Å². The topological polar surface area (TPSA) is 81.7 Å². The molecule has 3 aromatic rings. The van der Waals surface area contributed by atoms with Gasteiger partial charge in [0.05, 0.1) is 17.6 Å². The second kappa shape index (κ2) is 9.16. The summed E-state index contributed by atoms with van der Waals surface area (Å²) in [6, 6.07) is 13.8. The molecule has 0 saturated carbocycles. The fraction of sp³-hybridized carbons (Fsp3) is 0.333. The van der Waals surface area contributed by atoms with Crippen LogP contribution in [0.5, 0.6) is 0 Å². The van der Waals surface area contributed by atoms with Gasteiger partial charge < -0.3 is 15.1 Å². The summed E-state index contributed by atoms with van der Waals surface area (Å²) in [4.78, 5) is 13.8. The maximum absolute atomic E-state index is 13.3. The van der Waals surface area contributed by atoms with Crippen LogP contribution < -0.4 is 14.5 Å². The molecule has 178 valence electrons. The molecule has 3 heterocycles. The molecular formula is C24H27BrN6O2S. The van der Waals surface area contributed by atoms with Crippen molar-refractivity contribution < 1.29 is 8.42 Å². The number of nitrogens with one attached hydrogen (secondary N) is 1. The number of benzene rings is 2. The van der Waals surface area contributed by atoms with Crippen molar-refractivity contribution in [3.63, 3.8) is 0 Å². The zero-order valence-corrected chi connectivity index (χ0v) is 21.6. The lowest BCUT2D eigenvalue weighted by atomic mass is 10.1. The average molecular weight is 543 g/mol. The predicted octanol–water partition coefficient (Wildman–Crippen LogP) is 4.32. The number of nitrogens with zero attached hydrogens (tertiary/aromatic N) is 5. The van der Waals surface area contributed by atoms with Gasteiger partial charge in [-0.1, -0.05) is 22.9 Å². The van der Waals surface area contributed by atoms with Gasteiger partial charge in [0.2, 0.25) is 5.95 Å². The Morgan fingerprint density at radius 3 is 2.50 bits per heavy atom. The van der Waals surface area contributed by atoms with Crippen molar-refractivity contribution in [2.45, 2.75) is 18.2 Å². The first kappa shape index (κ1) is 23.1. The van der Waals surface area contributed by atoms with Crippen LogP contribution in [0.25, 0.3) is 11.3 Å². The number of anilines is 4. The molecule has 1 fully saturated rings. The van der Waals surface area contributed by atoms with Crippen LogP contribution in [0.4, 0.5) is 23.0 Å². The van der Waals surface area contributed by atoms with Crippen LogP contribution in [0.15, 0.2) is 58.0 Å². The van der Waals surface area contributed by atoms with Crippen molar-refractivity contribution in [3.05, 3.63) is 53.1 Å². The number of halogens is 1. The maximum atomic E-state index is 13.3. The SMILES string of the molecule is CCCN1c2cc(Br)ccc2-c2nc(Nc3ccc(N4CCN(C)CC4)cc3)ncc2S1(=O)=O. The van der Waals surface area contributed by atoms with E-state index in [4.69, 9.17) is 0 Å². The molecule has 0 radical (unpaired) electrons. The molecule has 0 atom stereocenters. The van der Waals surface area contributed by atoms with Gasteiger partial charge in [-0.15, -0.1) is 0 Å². The number of rotatable bonds is 5. The molecule has 10 heteroatoms. The highest BCUT2D eigenvalue weighted by molar-refractivity contribution is 9.10. The maximum Gasteiger partial charge on any atom is 0.268 e. The Morgan fingerprint density at radius 1 is 1.06 bits per heavy atom. The van der Waals surface area contributed by atoms with Crippen molar-refractivity contribution in [1.29, 1.82) is 0 Å². The minimum absolute atomic E-state index is 0.131. The monoisotopic (exact) mass is 542 g/mol. The molecule has 0 aliphatic carbocycles. The molecule has 0 bridgehead atoms. The van der Waals surface area contributed by atoms with Gasteiger partial charge in [0.1, 0.15) is 4.90 Å². The van der Waals surface area contributed by atoms with E-state index < -0.39 is 10.0 Å². The van der Waals surface area contributed by atoms with Crippen LogP contribution in [-0.4, -0.2) is 63.1 Å². The van der Waals surface area contributed by atoms with E-state index in [0.29, 0.717) is 30.3 Å². The third kappa shape index (κ3) is 4.25. The van der Waals surface area contributed by atoms with E-state index in [2.05, 4.69) is 60.2 Å². The van der Waals surface area contributed by atoms with E-state index in [1.807, 2.05) is 37.3 Å². The standard InChI is InChI=1S/C24H27BrN6O2S/c1-3-10-31-21-15-17(25)4-9-20(21)23-22(34(31,32)33)16-26-24(28-23)27-18-5-7-19(8-6-18)30-13-11-29(2)12-14-30/h4-9,15-16H,3,10-14H2,1-2H3,(H,26,27,28). The van der Waals surface area contributed by atoms with Crippen molar-refractivity contribution in [3.8, 4) is 11.3 Å². The number of fused-ring (bicyclic) bond motifs is 3. The molecule has 0 spiro atoms. The lowest BCUT2D eigenvalue weighted by Gasteiger charge is -2.34. The van der Waals surface area contributed by atoms with Crippen LogP contribution in [0, 0.1) is 0 Å². The zero-order chi connectivity index (χ0) is 23.9. The normalized spacial score (nSPS) is 17.3. The van der Waals surface area contributed by atoms with E-state index in [9.17, 15) is 8.42 Å². The Labute approximate surface area is 208 Å². The zero-order valence-electron chi connectivity index (χ0n) is 19.2. The molecule has 1 aromatic heterocycles. The Balaban J connectivity index is 1.44. The molecule has 34 heavy (non-hydrogen) atoms. The second-order valence-electron chi connectivity index (χ2n) is 8.61. The summed E-state index contributed by atoms with van der Waals surface area (Å²) in [5.74, 6) is 0.360. The smallest absolute Gasteiger partial charge is 0.268 e. The molecule has 1 N–H and O–H groups in total. The molecule has 0 amide bonds. The Hall–Kier alpha value is -2.69. The molecule has 8 nitrogen and oxygen atoms in total. The van der Waals surface area contributed by atoms with E-state index in [0.717, 1.165) is 41.9 Å². The van der Waals surface area contributed by atoms with Gasteiger partial charge in [-0.25, -0.2) is 18.4 Å². The first-order chi connectivity index (χ1) is 16.4. The highest BCUT2D eigenvalue weighted by Crippen LogP contribution is 2.43. The summed E-state index contributed by atoms with van der Waals surface area (Å²) in [5, 5.41) is 3.23. The van der Waals surface area contributed by atoms with E-state index in [-0.39, 0.29) is 4.90 Å². The molecule has 5 rings (SSSR count). The Kier molecular flexibility index (Phi) is 6.22. The molecule has 2 aromatic carbocycles. The number of hydrogen-bond donors (Lipinski definition) is 1. The van der Waals surface area contributed by atoms with Crippen LogP contribution >= 0.6 is 15.9 Å². The lowest BCUT2D eigenvalue weighted by molar-refractivity contribution is 0.313. The number of aromatic nitrogens is 2. The molecule has 2 aliphatic heterocycles. The first-order valence-corrected chi connectivity index (χ1v) is 13.6. The quantitative estimate of drug-likeness (QED) is 0.514. The van der Waals surface area contributed by atoms with Gasteiger partial charge in [0, 0.05) is 54.1 Å². The van der Waals surface area contributed by atoms with Crippen molar-refractivity contribution >= 4 is 49.0 Å². The van der Waals surface area contributed by atoms with E-state index in [1.165, 1.54) is 16.2 Å². The summed E-state index contributed by atoms with van der Waals surface area (Å²) >= 11 is 3.47. The molecule has 1 saturated heterocycles. The Bertz CT molecular complexity index is 1310. The van der Waals surface area contributed by atoms with Gasteiger partial charge >= 0.3 is 0 Å². The lowest BCUT2D eigenvalue weighted by Crippen LogP contribution is -2.44. The van der Waals surface area contributed by atoms with E-state index >= 15 is 0 Å². The highest BCUT2D eigenvalue weighted by Gasteiger charge is 2.36. The fourth-order valence-corrected chi connectivity index (χ4v) is 6.37. The summed E-state index contributed by atoms with van der Waals surface area (Å²) in [7, 11) is -1.59. The third-order valence-electron chi connectivity index (χ3n) is 6.23. The number of piperazine rings is 1. The van der Waals surface area contributed by atoms with Gasteiger partial charge in [0.25, 0.3) is 10.0 Å². The van der Waals surface area contributed by atoms with E-state index in [1.54, 1.807) is 0 Å². The van der Waals surface area contributed by atoms with Gasteiger partial charge in [0.15, 0.2) is 0 Å². The molecule has 2 aliphatic rings. The summed E-state index contributed by atoms with van der Waals surface area (Å²) < 4.78 is 29.0. The third-order valence-corrected chi connectivity index (χ3v) is 8.53. The van der Waals surface area contributed by atoms with Gasteiger partial charge in [-0.3, -0.25) is 4.31 Å². The summed E-state index contributed by atoms with van der Waals surface area (Å²) in [6.07, 6.45) is 2.11. The average Bonchev–Trinajstić information content (AvgIpc) is 2.83. The Morgan fingerprint density at radius 2 is 1.79 bits per heavy atom. The number of sulfonamides is 1. The second-order valence-corrected chi connectivity index (χ2v) is 11.4. The van der Waals surface area contributed by atoms with Crippen molar-refractivity contribution in [2.75, 3.05) is 54.3 Å². The van der Waals surface area contributed by atoms with Crippen LogP contribution in [0.3, 0.4) is 0 Å². The van der Waals surface area contributed by atoms with Gasteiger partial charge in [-0.05, 0) is 55.9 Å². The van der Waals surface area contributed by atoms with Crippen LogP contribution in [0.2, 0.25) is 0 Å². The first-order valence-electron chi connectivity index (χ1n) is 11.4. The summed E-state index contributed by atoms with van der Waals surface area (Å²) in [5.41, 5.74) is 3.86. The molecular weight excluding hydrogens is 516 g/mol. The molecule has 0 unspecified atom stereocenters. The largest absolute Gasteiger partial charge is 0.369 e. The minimum atomic E-state index is -3.74. The van der Waals surface area contributed by atoms with Gasteiger partial charge in [-0.2, -0.15) is 0 Å². The predicted molar refractivity (Wildman–Crippen MR) is 139 cm³/mol. The number of likely N-dealkylation sites (N-methyl/N-ethyl adjacent to an activating group) is 1.